The van der Waals surface area contributed by atoms with Crippen LogP contribution in [0.15, 0.2) is 164 Å². The van der Waals surface area contributed by atoms with E-state index >= 15 is 0 Å². The van der Waals surface area contributed by atoms with Gasteiger partial charge in [0.05, 0.1) is 0 Å². The van der Waals surface area contributed by atoms with E-state index in [1.165, 1.54) is 73.5 Å². The predicted octanol–water partition coefficient (Wildman–Crippen LogP) is 10.0. The van der Waals surface area contributed by atoms with Gasteiger partial charge in [-0.3, -0.25) is 0 Å². The van der Waals surface area contributed by atoms with Gasteiger partial charge in [0.2, 0.25) is 0 Å². The molecular weight excluding hydrogens is 617 g/mol. The summed E-state index contributed by atoms with van der Waals surface area (Å²) in [6.07, 6.45) is 2.35. The van der Waals surface area contributed by atoms with Crippen molar-refractivity contribution in [3.05, 3.63) is 175 Å². The third kappa shape index (κ3) is 4.14. The Kier molecular flexibility index (Phi) is 6.21. The number of rotatable bonds is 5. The van der Waals surface area contributed by atoms with Crippen molar-refractivity contribution >= 4 is 68.6 Å². The molecule has 2 atom stereocenters. The van der Waals surface area contributed by atoms with E-state index < -0.39 is 0 Å². The minimum atomic E-state index is 0.196. The minimum Gasteiger partial charge on any atom is -0.338 e. The van der Waals surface area contributed by atoms with Crippen molar-refractivity contribution in [2.75, 3.05) is 14.7 Å². The summed E-state index contributed by atoms with van der Waals surface area (Å²) >= 11 is 0. The lowest BCUT2D eigenvalue weighted by Crippen LogP contribution is -2.62. The fourth-order valence-corrected chi connectivity index (χ4v) is 9.65. The van der Waals surface area contributed by atoms with E-state index in [9.17, 15) is 0 Å². The molecule has 0 saturated carbocycles. The van der Waals surface area contributed by atoms with Gasteiger partial charge in [-0.1, -0.05) is 110 Å². The molecule has 51 heavy (non-hydrogen) atoms. The molecule has 3 nitrogen and oxygen atoms in total. The Labute approximate surface area is 300 Å². The van der Waals surface area contributed by atoms with Gasteiger partial charge in [0.25, 0.3) is 6.71 Å². The summed E-state index contributed by atoms with van der Waals surface area (Å²) in [5, 5.41) is 0. The Morgan fingerprint density at radius 3 is 1.96 bits per heavy atom. The van der Waals surface area contributed by atoms with Gasteiger partial charge in [0, 0.05) is 57.5 Å². The van der Waals surface area contributed by atoms with Crippen LogP contribution in [-0.2, 0) is 6.42 Å². The zero-order valence-electron chi connectivity index (χ0n) is 28.6. The van der Waals surface area contributed by atoms with Crippen LogP contribution in [0.4, 0.5) is 45.5 Å². The predicted molar refractivity (Wildman–Crippen MR) is 215 cm³/mol. The Bertz CT molecular complexity index is 2420. The number of para-hydroxylation sites is 4. The third-order valence-corrected chi connectivity index (χ3v) is 11.9. The van der Waals surface area contributed by atoms with Crippen LogP contribution in [0.25, 0.3) is 11.1 Å². The van der Waals surface area contributed by atoms with Crippen LogP contribution in [0.1, 0.15) is 30.4 Å². The van der Waals surface area contributed by atoms with E-state index in [-0.39, 0.29) is 6.71 Å². The maximum absolute atomic E-state index is 2.75. The van der Waals surface area contributed by atoms with E-state index in [1.807, 2.05) is 0 Å². The van der Waals surface area contributed by atoms with Gasteiger partial charge >= 0.3 is 0 Å². The third-order valence-electron chi connectivity index (χ3n) is 11.9. The monoisotopic (exact) mass is 653 g/mol. The van der Waals surface area contributed by atoms with Crippen molar-refractivity contribution in [1.82, 2.24) is 0 Å². The van der Waals surface area contributed by atoms with E-state index in [2.05, 4.69) is 185 Å². The molecule has 0 spiro atoms. The van der Waals surface area contributed by atoms with Crippen molar-refractivity contribution in [3.63, 3.8) is 0 Å². The van der Waals surface area contributed by atoms with Gasteiger partial charge in [-0.15, -0.1) is 0 Å². The summed E-state index contributed by atoms with van der Waals surface area (Å²) in [5.41, 5.74) is 19.9. The lowest BCUT2D eigenvalue weighted by atomic mass is 9.33. The zero-order chi connectivity index (χ0) is 33.6. The second kappa shape index (κ2) is 11.0. The number of hydrogen-bond donors (Lipinski definition) is 0. The summed E-state index contributed by atoms with van der Waals surface area (Å²) in [5.74, 6) is 0.527. The molecule has 7 aromatic rings. The summed E-state index contributed by atoms with van der Waals surface area (Å²) < 4.78 is 0. The number of aryl methyl sites for hydroxylation is 1. The van der Waals surface area contributed by atoms with E-state index in [1.54, 1.807) is 0 Å². The number of hydrogen-bond acceptors (Lipinski definition) is 3. The molecule has 4 heterocycles. The molecule has 4 heteroatoms. The molecule has 4 aliphatic rings. The molecule has 0 amide bonds. The first kappa shape index (κ1) is 28.8. The second-order valence-corrected chi connectivity index (χ2v) is 14.5. The van der Waals surface area contributed by atoms with Crippen LogP contribution in [0.5, 0.6) is 0 Å². The fraction of sp³-hybridized carbons (Fsp3) is 0.106. The summed E-state index contributed by atoms with van der Waals surface area (Å²) in [6, 6.07) is 61.0. The van der Waals surface area contributed by atoms with Gasteiger partial charge in [0.15, 0.2) is 0 Å². The maximum Gasteiger partial charge on any atom is 0.252 e. The highest BCUT2D eigenvalue weighted by atomic mass is 15.2. The Morgan fingerprint density at radius 1 is 0.569 bits per heavy atom. The SMILES string of the molecule is C[C@@H]1c2cccc3c2N2c4c(ccc5c4B3c3ccc(-c4ccc(N(c6ccccc6)c6ccccc6)cc4)cc3N5c3ccccc3)CCC12. The number of benzene rings is 7. The fourth-order valence-electron chi connectivity index (χ4n) is 9.65. The van der Waals surface area contributed by atoms with Crippen LogP contribution in [-0.4, -0.2) is 12.8 Å². The van der Waals surface area contributed by atoms with Crippen molar-refractivity contribution in [1.29, 1.82) is 0 Å². The molecule has 242 valence electrons. The molecule has 0 aromatic heterocycles. The van der Waals surface area contributed by atoms with Gasteiger partial charge in [-0.05, 0) is 112 Å². The molecule has 0 radical (unpaired) electrons. The van der Waals surface area contributed by atoms with Gasteiger partial charge < -0.3 is 14.7 Å². The molecule has 7 aromatic carbocycles. The van der Waals surface area contributed by atoms with E-state index in [0.717, 1.165) is 23.5 Å². The van der Waals surface area contributed by atoms with Crippen LogP contribution in [0.3, 0.4) is 0 Å². The van der Waals surface area contributed by atoms with E-state index in [4.69, 9.17) is 0 Å². The molecule has 11 rings (SSSR count). The molecular formula is C47H36BN3. The first-order valence-corrected chi connectivity index (χ1v) is 18.3. The second-order valence-electron chi connectivity index (χ2n) is 14.5. The lowest BCUT2D eigenvalue weighted by Gasteiger charge is -2.47. The summed E-state index contributed by atoms with van der Waals surface area (Å²) in [4.78, 5) is 7.60. The van der Waals surface area contributed by atoms with Crippen LogP contribution < -0.4 is 31.1 Å². The molecule has 0 fully saturated rings. The van der Waals surface area contributed by atoms with Gasteiger partial charge in [-0.2, -0.15) is 0 Å². The highest BCUT2D eigenvalue weighted by Gasteiger charge is 2.50. The molecule has 1 unspecified atom stereocenters. The molecule has 0 saturated heterocycles. The van der Waals surface area contributed by atoms with Crippen molar-refractivity contribution < 1.29 is 0 Å². The normalized spacial score (nSPS) is 17.2. The Morgan fingerprint density at radius 2 is 1.24 bits per heavy atom. The molecule has 4 aliphatic heterocycles. The van der Waals surface area contributed by atoms with Crippen LogP contribution in [0.2, 0.25) is 0 Å². The van der Waals surface area contributed by atoms with Gasteiger partial charge in [0.1, 0.15) is 0 Å². The van der Waals surface area contributed by atoms with Gasteiger partial charge in [-0.25, -0.2) is 0 Å². The minimum absolute atomic E-state index is 0.196. The largest absolute Gasteiger partial charge is 0.338 e. The molecule has 0 aliphatic carbocycles. The Balaban J connectivity index is 1.08. The maximum atomic E-state index is 2.75. The summed E-state index contributed by atoms with van der Waals surface area (Å²) in [7, 11) is 0. The highest BCUT2D eigenvalue weighted by Crippen LogP contribution is 2.53. The highest BCUT2D eigenvalue weighted by molar-refractivity contribution is 7.00. The van der Waals surface area contributed by atoms with Crippen LogP contribution >= 0.6 is 0 Å². The Hall–Kier alpha value is -6.00. The lowest BCUT2D eigenvalue weighted by molar-refractivity contribution is 0.533. The quantitative estimate of drug-likeness (QED) is 0.171. The molecule has 0 bridgehead atoms. The number of anilines is 8. The average molecular weight is 654 g/mol. The van der Waals surface area contributed by atoms with Crippen LogP contribution in [0, 0.1) is 0 Å². The standard InChI is InChI=1S/C47H36BN3/c1-31-39-18-11-19-41-47(39)51-42(31)28-23-33-24-29-43-45(46(33)51)48(41)40-27-22-34(30-44(40)50(43)37-16-9-4-10-17-37)32-20-25-38(26-21-32)49(35-12-5-2-6-13-35)36-14-7-3-8-15-36/h2-22,24-27,29-31,42H,23,28H2,1H3/t31-,42?/m1/s1. The number of nitrogens with zero attached hydrogens (tertiary/aromatic N) is 3. The topological polar surface area (TPSA) is 9.72 Å². The zero-order valence-corrected chi connectivity index (χ0v) is 28.6. The smallest absolute Gasteiger partial charge is 0.252 e. The first-order chi connectivity index (χ1) is 25.2. The molecule has 0 N–H and O–H groups in total. The van der Waals surface area contributed by atoms with Crippen molar-refractivity contribution in [3.8, 4) is 11.1 Å². The first-order valence-electron chi connectivity index (χ1n) is 18.3. The van der Waals surface area contributed by atoms with E-state index in [0.29, 0.717) is 12.0 Å². The van der Waals surface area contributed by atoms with Crippen molar-refractivity contribution in [2.45, 2.75) is 31.7 Å². The average Bonchev–Trinajstić information content (AvgIpc) is 3.50. The number of fused-ring (bicyclic) bond motifs is 3. The van der Waals surface area contributed by atoms with Crippen molar-refractivity contribution in [2.24, 2.45) is 0 Å². The summed E-state index contributed by atoms with van der Waals surface area (Å²) in [6.45, 7) is 2.64.